The van der Waals surface area contributed by atoms with Crippen LogP contribution in [0, 0.1) is 5.82 Å². The van der Waals surface area contributed by atoms with E-state index in [4.69, 9.17) is 10.7 Å². The third-order valence-electron chi connectivity index (χ3n) is 1.74. The molecule has 0 atom stereocenters. The zero-order chi connectivity index (χ0) is 11.2. The van der Waals surface area contributed by atoms with Gasteiger partial charge in [0, 0.05) is 16.7 Å². The molecule has 80 valence electrons. The lowest BCUT2D eigenvalue weighted by Gasteiger charge is -1.97. The molecule has 2 rings (SSSR count). The van der Waals surface area contributed by atoms with Crippen LogP contribution in [0.5, 0.6) is 0 Å². The quantitative estimate of drug-likeness (QED) is 0.772. The SMILES string of the molecule is O=c1[nH]c2cc(S(=O)(=O)Cl)c(F)cc2o1. The molecule has 1 aromatic carbocycles. The zero-order valence-corrected chi connectivity index (χ0v) is 8.52. The molecule has 1 aromatic heterocycles. The van der Waals surface area contributed by atoms with Crippen molar-refractivity contribution >= 4 is 30.8 Å². The molecule has 1 heterocycles. The smallest absolute Gasteiger partial charge is 0.408 e. The van der Waals surface area contributed by atoms with Crippen molar-refractivity contribution < 1.29 is 17.2 Å². The summed E-state index contributed by atoms with van der Waals surface area (Å²) in [6, 6.07) is 1.68. The van der Waals surface area contributed by atoms with E-state index >= 15 is 0 Å². The van der Waals surface area contributed by atoms with E-state index in [1.807, 2.05) is 0 Å². The number of fused-ring (bicyclic) bond motifs is 1. The molecule has 0 radical (unpaired) electrons. The van der Waals surface area contributed by atoms with E-state index in [1.165, 1.54) is 0 Å². The van der Waals surface area contributed by atoms with Gasteiger partial charge in [-0.2, -0.15) is 0 Å². The Morgan fingerprint density at radius 3 is 2.67 bits per heavy atom. The minimum absolute atomic E-state index is 0.0680. The number of hydrogen-bond acceptors (Lipinski definition) is 4. The highest BCUT2D eigenvalue weighted by atomic mass is 35.7. The van der Waals surface area contributed by atoms with Gasteiger partial charge in [0.05, 0.1) is 5.52 Å². The van der Waals surface area contributed by atoms with E-state index in [1.54, 1.807) is 0 Å². The molecular weight excluding hydrogens is 249 g/mol. The molecule has 0 unspecified atom stereocenters. The summed E-state index contributed by atoms with van der Waals surface area (Å²) in [5.74, 6) is -1.87. The largest absolute Gasteiger partial charge is 0.417 e. The van der Waals surface area contributed by atoms with Gasteiger partial charge in [0.15, 0.2) is 5.58 Å². The lowest BCUT2D eigenvalue weighted by Crippen LogP contribution is -1.95. The molecule has 0 spiro atoms. The van der Waals surface area contributed by atoms with Crippen LogP contribution in [0.25, 0.3) is 11.1 Å². The Balaban J connectivity index is 2.89. The maximum atomic E-state index is 13.2. The Bertz CT molecular complexity index is 687. The predicted molar refractivity (Wildman–Crippen MR) is 49.8 cm³/mol. The third kappa shape index (κ3) is 1.75. The summed E-state index contributed by atoms with van der Waals surface area (Å²) in [7, 11) is 0.798. The van der Waals surface area contributed by atoms with Crippen molar-refractivity contribution in [2.24, 2.45) is 0 Å². The molecule has 2 aromatic rings. The molecular formula is C7H3ClFNO4S. The van der Waals surface area contributed by atoms with Crippen molar-refractivity contribution in [1.29, 1.82) is 0 Å². The van der Waals surface area contributed by atoms with E-state index in [2.05, 4.69) is 9.40 Å². The highest BCUT2D eigenvalue weighted by molar-refractivity contribution is 8.13. The van der Waals surface area contributed by atoms with E-state index in [0.29, 0.717) is 0 Å². The van der Waals surface area contributed by atoms with Crippen LogP contribution in [-0.4, -0.2) is 13.4 Å². The standard InChI is InChI=1S/C7H3ClFNO4S/c8-15(12,13)6-2-4-5(1-3(6)9)14-7(11)10-4/h1-2H,(H,10,11). The number of rotatable bonds is 1. The normalized spacial score (nSPS) is 12.1. The van der Waals surface area contributed by atoms with Crippen molar-refractivity contribution in [2.75, 3.05) is 0 Å². The zero-order valence-electron chi connectivity index (χ0n) is 6.95. The molecule has 1 N–H and O–H groups in total. The topological polar surface area (TPSA) is 80.1 Å². The van der Waals surface area contributed by atoms with E-state index < -0.39 is 25.5 Å². The molecule has 0 saturated carbocycles. The van der Waals surface area contributed by atoms with E-state index in [9.17, 15) is 17.6 Å². The molecule has 0 aliphatic carbocycles. The monoisotopic (exact) mass is 251 g/mol. The van der Waals surface area contributed by atoms with Crippen LogP contribution < -0.4 is 5.76 Å². The highest BCUT2D eigenvalue weighted by Crippen LogP contribution is 2.23. The first kappa shape index (κ1) is 10.2. The van der Waals surface area contributed by atoms with Crippen molar-refractivity contribution in [3.05, 3.63) is 28.5 Å². The van der Waals surface area contributed by atoms with Gasteiger partial charge < -0.3 is 4.42 Å². The molecule has 0 amide bonds. The van der Waals surface area contributed by atoms with Crippen molar-refractivity contribution in [1.82, 2.24) is 4.98 Å². The van der Waals surface area contributed by atoms with Crippen LogP contribution in [0.3, 0.4) is 0 Å². The second-order valence-electron chi connectivity index (χ2n) is 2.73. The lowest BCUT2D eigenvalue weighted by atomic mass is 10.3. The Morgan fingerprint density at radius 1 is 1.40 bits per heavy atom. The molecule has 0 aliphatic heterocycles. The summed E-state index contributed by atoms with van der Waals surface area (Å²) >= 11 is 0. The second kappa shape index (κ2) is 3.07. The molecule has 8 heteroatoms. The minimum Gasteiger partial charge on any atom is -0.408 e. The number of aromatic amines is 1. The third-order valence-corrected chi connectivity index (χ3v) is 3.07. The van der Waals surface area contributed by atoms with Gasteiger partial charge in [0.1, 0.15) is 10.7 Å². The summed E-state index contributed by atoms with van der Waals surface area (Å²) in [6.45, 7) is 0. The van der Waals surface area contributed by atoms with Crippen LogP contribution >= 0.6 is 10.7 Å². The van der Waals surface area contributed by atoms with Crippen LogP contribution in [-0.2, 0) is 9.05 Å². The van der Waals surface area contributed by atoms with Crippen LogP contribution in [0.1, 0.15) is 0 Å². The number of hydrogen-bond donors (Lipinski definition) is 1. The van der Waals surface area contributed by atoms with Gasteiger partial charge in [-0.3, -0.25) is 4.98 Å². The fourth-order valence-corrected chi connectivity index (χ4v) is 2.04. The van der Waals surface area contributed by atoms with Crippen molar-refractivity contribution in [2.45, 2.75) is 4.90 Å². The van der Waals surface area contributed by atoms with E-state index in [-0.39, 0.29) is 11.1 Å². The Kier molecular flexibility index (Phi) is 2.09. The van der Waals surface area contributed by atoms with Gasteiger partial charge in [-0.25, -0.2) is 17.6 Å². The fourth-order valence-electron chi connectivity index (χ4n) is 1.14. The number of benzene rings is 1. The number of nitrogens with one attached hydrogen (secondary N) is 1. The molecule has 0 aliphatic rings. The average molecular weight is 252 g/mol. The number of halogens is 2. The van der Waals surface area contributed by atoms with Gasteiger partial charge in [-0.1, -0.05) is 0 Å². The summed E-state index contributed by atoms with van der Waals surface area (Å²) in [4.78, 5) is 12.2. The highest BCUT2D eigenvalue weighted by Gasteiger charge is 2.18. The Hall–Kier alpha value is -1.34. The summed E-state index contributed by atoms with van der Waals surface area (Å²) in [5, 5.41) is 0. The Morgan fingerprint density at radius 2 is 2.07 bits per heavy atom. The van der Waals surface area contributed by atoms with Crippen LogP contribution in [0.2, 0.25) is 0 Å². The maximum Gasteiger partial charge on any atom is 0.417 e. The lowest BCUT2D eigenvalue weighted by molar-refractivity contribution is 0.546. The second-order valence-corrected chi connectivity index (χ2v) is 5.27. The number of H-pyrrole nitrogens is 1. The summed E-state index contributed by atoms with van der Waals surface area (Å²) in [6.07, 6.45) is 0. The first-order chi connectivity index (χ1) is 6.88. The Labute approximate surface area is 86.9 Å². The van der Waals surface area contributed by atoms with Crippen LogP contribution in [0.15, 0.2) is 26.2 Å². The predicted octanol–water partition coefficient (Wildman–Crippen LogP) is 1.19. The van der Waals surface area contributed by atoms with Gasteiger partial charge in [0.2, 0.25) is 0 Å². The van der Waals surface area contributed by atoms with Gasteiger partial charge >= 0.3 is 5.76 Å². The maximum absolute atomic E-state index is 13.2. The molecule has 5 nitrogen and oxygen atoms in total. The molecule has 0 saturated heterocycles. The van der Waals surface area contributed by atoms with Gasteiger partial charge in [-0.15, -0.1) is 0 Å². The van der Waals surface area contributed by atoms with Crippen molar-refractivity contribution in [3.8, 4) is 0 Å². The fraction of sp³-hybridized carbons (Fsp3) is 0. The number of aromatic nitrogens is 1. The number of oxazole rings is 1. The minimum atomic E-state index is -4.18. The van der Waals surface area contributed by atoms with Gasteiger partial charge in [0.25, 0.3) is 9.05 Å². The van der Waals surface area contributed by atoms with E-state index in [0.717, 1.165) is 12.1 Å². The molecule has 15 heavy (non-hydrogen) atoms. The molecule has 0 fully saturated rings. The summed E-state index contributed by atoms with van der Waals surface area (Å²) < 4.78 is 39.5. The first-order valence-electron chi connectivity index (χ1n) is 3.65. The molecule has 0 bridgehead atoms. The van der Waals surface area contributed by atoms with Crippen LogP contribution in [0.4, 0.5) is 4.39 Å². The average Bonchev–Trinajstić information content (AvgIpc) is 2.40. The van der Waals surface area contributed by atoms with Crippen molar-refractivity contribution in [3.63, 3.8) is 0 Å². The first-order valence-corrected chi connectivity index (χ1v) is 5.96. The van der Waals surface area contributed by atoms with Gasteiger partial charge in [-0.05, 0) is 6.07 Å². The summed E-state index contributed by atoms with van der Waals surface area (Å²) in [5.41, 5.74) is 0.00203.